The number of anilines is 1. The summed E-state index contributed by atoms with van der Waals surface area (Å²) < 4.78 is 5.76. The maximum absolute atomic E-state index is 10.6. The predicted molar refractivity (Wildman–Crippen MR) is 127 cm³/mol. The minimum absolute atomic E-state index is 0.107. The van der Waals surface area contributed by atoms with Crippen molar-refractivity contribution in [3.63, 3.8) is 0 Å². The monoisotopic (exact) mass is 431 g/mol. The quantitative estimate of drug-likeness (QED) is 0.485. The largest absolute Gasteiger partial charge is 0.507 e. The Hall–Kier alpha value is -3.19. The molecular formula is C25H29N5O2. The topological polar surface area (TPSA) is 87.3 Å². The molecule has 0 saturated carbocycles. The van der Waals surface area contributed by atoms with E-state index < -0.39 is 0 Å². The highest BCUT2D eigenvalue weighted by Gasteiger charge is 2.26. The van der Waals surface area contributed by atoms with Crippen LogP contribution in [-0.2, 0) is 6.42 Å². The van der Waals surface area contributed by atoms with Gasteiger partial charge in [-0.2, -0.15) is 0 Å². The summed E-state index contributed by atoms with van der Waals surface area (Å²) >= 11 is 0. The van der Waals surface area contributed by atoms with Crippen LogP contribution in [0.2, 0.25) is 0 Å². The van der Waals surface area contributed by atoms with Gasteiger partial charge in [-0.3, -0.25) is 0 Å². The lowest BCUT2D eigenvalue weighted by Gasteiger charge is -2.26. The van der Waals surface area contributed by atoms with Gasteiger partial charge in [-0.1, -0.05) is 6.92 Å². The molecule has 1 aliphatic rings. The zero-order valence-corrected chi connectivity index (χ0v) is 19.0. The van der Waals surface area contributed by atoms with Gasteiger partial charge in [0.1, 0.15) is 17.1 Å². The Bertz CT molecular complexity index is 1290. The number of fused-ring (bicyclic) bond motifs is 2. The third kappa shape index (κ3) is 4.00. The Balaban J connectivity index is 1.42. The first-order valence-corrected chi connectivity index (χ1v) is 11.2. The molecule has 3 aromatic heterocycles. The Morgan fingerprint density at radius 3 is 2.62 bits per heavy atom. The van der Waals surface area contributed by atoms with Gasteiger partial charge in [0.15, 0.2) is 11.5 Å². The van der Waals surface area contributed by atoms with E-state index in [0.717, 1.165) is 36.4 Å². The van der Waals surface area contributed by atoms with Crippen molar-refractivity contribution < 1.29 is 9.52 Å². The molecule has 7 nitrogen and oxygen atoms in total. The molecule has 5 rings (SSSR count). The number of phenols is 1. The third-order valence-electron chi connectivity index (χ3n) is 5.81. The highest BCUT2D eigenvalue weighted by atomic mass is 16.3. The summed E-state index contributed by atoms with van der Waals surface area (Å²) in [7, 11) is 0. The van der Waals surface area contributed by atoms with Crippen LogP contribution in [-0.4, -0.2) is 44.7 Å². The van der Waals surface area contributed by atoms with Gasteiger partial charge in [-0.15, -0.1) is 0 Å². The van der Waals surface area contributed by atoms with Crippen LogP contribution in [0, 0.1) is 0 Å². The molecule has 1 saturated heterocycles. The molecule has 0 spiro atoms. The first-order valence-electron chi connectivity index (χ1n) is 11.2. The molecule has 1 unspecified atom stereocenters. The normalized spacial score (nSPS) is 17.0. The Morgan fingerprint density at radius 2 is 1.84 bits per heavy atom. The second-order valence-electron chi connectivity index (χ2n) is 9.53. The number of nitrogens with one attached hydrogen (secondary N) is 1. The summed E-state index contributed by atoms with van der Waals surface area (Å²) in [5, 5.41) is 14.2. The lowest BCUT2D eigenvalue weighted by molar-refractivity contribution is 0.373. The summed E-state index contributed by atoms with van der Waals surface area (Å²) in [6.45, 7) is 10.5. The fourth-order valence-corrected chi connectivity index (χ4v) is 4.39. The molecule has 1 aliphatic heterocycles. The predicted octanol–water partition coefficient (Wildman–Crippen LogP) is 4.67. The number of aryl methyl sites for hydroxylation is 1. The molecule has 0 amide bonds. The number of hydrogen-bond acceptors (Lipinski definition) is 7. The summed E-state index contributed by atoms with van der Waals surface area (Å²) in [5.41, 5.74) is 4.34. The number of oxazole rings is 1. The highest BCUT2D eigenvalue weighted by Crippen LogP contribution is 2.34. The van der Waals surface area contributed by atoms with Crippen molar-refractivity contribution in [3.8, 4) is 17.0 Å². The summed E-state index contributed by atoms with van der Waals surface area (Å²) in [5.74, 6) is 1.77. The Kier molecular flexibility index (Phi) is 5.01. The first kappa shape index (κ1) is 20.7. The van der Waals surface area contributed by atoms with Gasteiger partial charge in [0.2, 0.25) is 0 Å². The number of nitrogens with zero attached hydrogens (tertiary/aromatic N) is 4. The van der Waals surface area contributed by atoms with Crippen molar-refractivity contribution in [1.29, 1.82) is 0 Å². The van der Waals surface area contributed by atoms with E-state index >= 15 is 0 Å². The molecule has 2 N–H and O–H groups in total. The lowest BCUT2D eigenvalue weighted by Crippen LogP contribution is -2.44. The van der Waals surface area contributed by atoms with E-state index in [4.69, 9.17) is 14.4 Å². The van der Waals surface area contributed by atoms with Gasteiger partial charge >= 0.3 is 0 Å². The van der Waals surface area contributed by atoms with Crippen LogP contribution in [0.25, 0.3) is 33.4 Å². The maximum atomic E-state index is 10.6. The second kappa shape index (κ2) is 7.74. The summed E-state index contributed by atoms with van der Waals surface area (Å²) in [6, 6.07) is 11.8. The molecule has 4 aromatic rings. The SMILES string of the molecule is CCc1nc2cc(O)c(-c3ccc4nc(N5CCC(NC(C)(C)C)C5)ccc4n3)cc2o1. The molecule has 166 valence electrons. The minimum atomic E-state index is 0.107. The molecule has 0 radical (unpaired) electrons. The van der Waals surface area contributed by atoms with Crippen LogP contribution in [0.5, 0.6) is 5.75 Å². The van der Waals surface area contributed by atoms with Gasteiger partial charge in [0, 0.05) is 42.7 Å². The van der Waals surface area contributed by atoms with Crippen molar-refractivity contribution in [2.75, 3.05) is 18.0 Å². The zero-order valence-electron chi connectivity index (χ0n) is 19.0. The minimum Gasteiger partial charge on any atom is -0.507 e. The van der Waals surface area contributed by atoms with Crippen LogP contribution in [0.4, 0.5) is 5.82 Å². The molecular weight excluding hydrogens is 402 g/mol. The third-order valence-corrected chi connectivity index (χ3v) is 5.81. The molecule has 1 aromatic carbocycles. The average molecular weight is 432 g/mol. The molecule has 0 aliphatic carbocycles. The maximum Gasteiger partial charge on any atom is 0.195 e. The number of hydrogen-bond donors (Lipinski definition) is 2. The van der Waals surface area contributed by atoms with Crippen LogP contribution < -0.4 is 10.2 Å². The summed E-state index contributed by atoms with van der Waals surface area (Å²) in [6.07, 6.45) is 1.81. The van der Waals surface area contributed by atoms with Crippen molar-refractivity contribution in [2.45, 2.75) is 52.1 Å². The van der Waals surface area contributed by atoms with E-state index in [1.165, 1.54) is 0 Å². The lowest BCUT2D eigenvalue weighted by atomic mass is 10.1. The van der Waals surface area contributed by atoms with Crippen molar-refractivity contribution in [3.05, 3.63) is 42.3 Å². The van der Waals surface area contributed by atoms with Crippen LogP contribution >= 0.6 is 0 Å². The number of pyridine rings is 2. The van der Waals surface area contributed by atoms with E-state index in [0.29, 0.717) is 40.7 Å². The number of rotatable bonds is 4. The zero-order chi connectivity index (χ0) is 22.5. The fourth-order valence-electron chi connectivity index (χ4n) is 4.39. The number of aromatic nitrogens is 3. The molecule has 4 heterocycles. The van der Waals surface area contributed by atoms with E-state index in [1.54, 1.807) is 12.1 Å². The van der Waals surface area contributed by atoms with Crippen LogP contribution in [0.3, 0.4) is 0 Å². The van der Waals surface area contributed by atoms with E-state index in [1.807, 2.05) is 31.2 Å². The molecule has 7 heteroatoms. The van der Waals surface area contributed by atoms with Crippen LogP contribution in [0.1, 0.15) is 40.0 Å². The Morgan fingerprint density at radius 1 is 1.06 bits per heavy atom. The summed E-state index contributed by atoms with van der Waals surface area (Å²) in [4.78, 5) is 16.3. The first-order chi connectivity index (χ1) is 15.3. The number of benzene rings is 1. The fraction of sp³-hybridized carbons (Fsp3) is 0.400. The standard InChI is InChI=1S/C25H29N5O2/c1-5-24-28-20-13-21(31)16(12-22(20)32-24)17-6-7-19-18(26-17)8-9-23(27-19)30-11-10-15(14-30)29-25(2,3)4/h6-9,12-13,15,29,31H,5,10-11,14H2,1-4H3. The number of phenolic OH excluding ortho intramolecular Hbond substituents is 1. The van der Waals surface area contributed by atoms with E-state index in [-0.39, 0.29) is 11.3 Å². The van der Waals surface area contributed by atoms with E-state index in [9.17, 15) is 5.11 Å². The van der Waals surface area contributed by atoms with Gasteiger partial charge in [0.25, 0.3) is 0 Å². The van der Waals surface area contributed by atoms with Gasteiger partial charge in [-0.25, -0.2) is 15.0 Å². The molecule has 1 atom stereocenters. The van der Waals surface area contributed by atoms with Gasteiger partial charge < -0.3 is 19.7 Å². The second-order valence-corrected chi connectivity index (χ2v) is 9.53. The Labute approximate surface area is 187 Å². The average Bonchev–Trinajstić information content (AvgIpc) is 3.37. The smallest absolute Gasteiger partial charge is 0.195 e. The van der Waals surface area contributed by atoms with E-state index in [2.05, 4.69) is 36.0 Å². The van der Waals surface area contributed by atoms with Crippen molar-refractivity contribution in [1.82, 2.24) is 20.3 Å². The van der Waals surface area contributed by atoms with Crippen molar-refractivity contribution >= 4 is 28.0 Å². The molecule has 0 bridgehead atoms. The van der Waals surface area contributed by atoms with Crippen molar-refractivity contribution in [2.24, 2.45) is 0 Å². The highest BCUT2D eigenvalue weighted by molar-refractivity contribution is 5.86. The van der Waals surface area contributed by atoms with Gasteiger partial charge in [-0.05, 0) is 57.5 Å². The van der Waals surface area contributed by atoms with Gasteiger partial charge in [0.05, 0.1) is 16.7 Å². The number of aromatic hydroxyl groups is 1. The molecule has 32 heavy (non-hydrogen) atoms. The molecule has 1 fully saturated rings. The van der Waals surface area contributed by atoms with Crippen LogP contribution in [0.15, 0.2) is 40.8 Å².